The normalized spacial score (nSPS) is 18.1. The van der Waals surface area contributed by atoms with Crippen LogP contribution in [0.15, 0.2) is 57.9 Å². The van der Waals surface area contributed by atoms with Gasteiger partial charge in [0.2, 0.25) is 0 Å². The number of ether oxygens (including phenoxy) is 3. The first-order valence-electron chi connectivity index (χ1n) is 15.6. The number of hydrogen-bond donors (Lipinski definition) is 1. The minimum absolute atomic E-state index is 0.0790. The van der Waals surface area contributed by atoms with Gasteiger partial charge in [0.25, 0.3) is 5.91 Å². The van der Waals surface area contributed by atoms with Gasteiger partial charge < -0.3 is 24.4 Å². The average molecular weight is 643 g/mol. The van der Waals surface area contributed by atoms with Crippen molar-refractivity contribution in [2.75, 3.05) is 6.61 Å². The van der Waals surface area contributed by atoms with Crippen LogP contribution in [0.25, 0.3) is 33.2 Å². The number of pyridine rings is 1. The standard InChI is InChI=1S/C35H35ClN4O6/c1-19-14-24(21(3)44-27-9-10-28(36)38-30(27)34(37)42)33-25(15-19)31(41)20(2)32(45-33)22-7-8-26-23(16-22)17-40(39-26)18-35(11-12-35)46-29-6-4-5-13-43-29/h7-10,14-17,21,29H,4-6,11-13,18H2,1-3H3,(H2,37,42)/t21-,29?/m1/s1. The number of amides is 1. The highest BCUT2D eigenvalue weighted by molar-refractivity contribution is 6.29. The van der Waals surface area contributed by atoms with Gasteiger partial charge in [0.15, 0.2) is 23.2 Å². The summed E-state index contributed by atoms with van der Waals surface area (Å²) in [6.07, 6.45) is 6.36. The van der Waals surface area contributed by atoms with E-state index in [1.165, 1.54) is 6.07 Å². The summed E-state index contributed by atoms with van der Waals surface area (Å²) in [5.74, 6) is -0.118. The summed E-state index contributed by atoms with van der Waals surface area (Å²) in [4.78, 5) is 29.8. The third-order valence-electron chi connectivity index (χ3n) is 8.78. The predicted octanol–water partition coefficient (Wildman–Crippen LogP) is 6.79. The Labute approximate surface area is 270 Å². The third-order valence-corrected chi connectivity index (χ3v) is 8.99. The molecule has 2 aromatic carbocycles. The van der Waals surface area contributed by atoms with Crippen LogP contribution in [-0.2, 0) is 16.0 Å². The van der Waals surface area contributed by atoms with Crippen LogP contribution in [0.4, 0.5) is 0 Å². The SMILES string of the molecule is Cc1cc([C@@H](C)Oc2ccc(Cl)nc2C(N)=O)c2oc(-c3ccc4nn(CC5(OC6CCCCO6)CC5)cc4c3)c(C)c(=O)c2c1. The van der Waals surface area contributed by atoms with E-state index < -0.39 is 12.0 Å². The van der Waals surface area contributed by atoms with Crippen molar-refractivity contribution < 1.29 is 23.4 Å². The van der Waals surface area contributed by atoms with Crippen molar-refractivity contribution in [3.05, 3.63) is 86.4 Å². The zero-order chi connectivity index (χ0) is 32.2. The molecule has 0 spiro atoms. The van der Waals surface area contributed by atoms with E-state index in [4.69, 9.17) is 41.1 Å². The van der Waals surface area contributed by atoms with Gasteiger partial charge in [-0.1, -0.05) is 11.6 Å². The number of aromatic nitrogens is 3. The van der Waals surface area contributed by atoms with Crippen LogP contribution in [-0.4, -0.2) is 39.2 Å². The molecule has 2 aliphatic rings. The Morgan fingerprint density at radius 2 is 2.00 bits per heavy atom. The molecule has 0 bridgehead atoms. The number of nitrogens with two attached hydrogens (primary N) is 1. The maximum Gasteiger partial charge on any atom is 0.271 e. The third kappa shape index (κ3) is 5.88. The van der Waals surface area contributed by atoms with Gasteiger partial charge >= 0.3 is 0 Å². The van der Waals surface area contributed by atoms with Crippen LogP contribution in [0.1, 0.15) is 72.3 Å². The molecule has 2 fully saturated rings. The van der Waals surface area contributed by atoms with Gasteiger partial charge in [-0.25, -0.2) is 4.98 Å². The van der Waals surface area contributed by atoms with Crippen molar-refractivity contribution in [3.63, 3.8) is 0 Å². The molecule has 1 saturated carbocycles. The molecule has 46 heavy (non-hydrogen) atoms. The molecule has 10 nitrogen and oxygen atoms in total. The Bertz CT molecular complexity index is 2040. The van der Waals surface area contributed by atoms with Crippen molar-refractivity contribution in [3.8, 4) is 17.1 Å². The molecule has 1 amide bonds. The number of carbonyl (C=O) groups excluding carboxylic acids is 1. The summed E-state index contributed by atoms with van der Waals surface area (Å²) in [5, 5.41) is 6.31. The molecule has 0 radical (unpaired) electrons. The molecule has 1 aliphatic heterocycles. The van der Waals surface area contributed by atoms with Gasteiger partial charge in [0.1, 0.15) is 22.6 Å². The second-order valence-electron chi connectivity index (χ2n) is 12.4. The Hall–Kier alpha value is -4.25. The molecule has 3 aromatic heterocycles. The van der Waals surface area contributed by atoms with Gasteiger partial charge in [0, 0.05) is 34.9 Å². The maximum absolute atomic E-state index is 13.8. The van der Waals surface area contributed by atoms with E-state index in [1.807, 2.05) is 55.1 Å². The topological polar surface area (TPSA) is 132 Å². The molecule has 1 unspecified atom stereocenters. The molecule has 2 atom stereocenters. The predicted molar refractivity (Wildman–Crippen MR) is 174 cm³/mol. The van der Waals surface area contributed by atoms with Crippen LogP contribution in [0, 0.1) is 13.8 Å². The molecule has 7 rings (SSSR count). The molecular weight excluding hydrogens is 608 g/mol. The lowest BCUT2D eigenvalue weighted by atomic mass is 9.99. The Morgan fingerprint density at radius 3 is 2.74 bits per heavy atom. The number of hydrogen-bond acceptors (Lipinski definition) is 8. The number of rotatable bonds is 9. The first kappa shape index (κ1) is 30.4. The highest BCUT2D eigenvalue weighted by atomic mass is 35.5. The summed E-state index contributed by atoms with van der Waals surface area (Å²) < 4.78 is 26.9. The minimum Gasteiger partial charge on any atom is -0.483 e. The molecule has 238 valence electrons. The summed E-state index contributed by atoms with van der Waals surface area (Å²) in [6, 6.07) is 12.6. The molecule has 11 heteroatoms. The first-order valence-corrected chi connectivity index (χ1v) is 15.9. The van der Waals surface area contributed by atoms with E-state index in [9.17, 15) is 9.59 Å². The number of benzene rings is 2. The summed E-state index contributed by atoms with van der Waals surface area (Å²) in [6.45, 7) is 6.90. The first-order chi connectivity index (χ1) is 22.1. The van der Waals surface area contributed by atoms with Crippen LogP contribution in [0.5, 0.6) is 5.75 Å². The maximum atomic E-state index is 13.8. The number of aryl methyl sites for hydroxylation is 1. The fourth-order valence-electron chi connectivity index (χ4n) is 6.22. The lowest BCUT2D eigenvalue weighted by molar-refractivity contribution is -0.200. The van der Waals surface area contributed by atoms with Gasteiger partial charge in [-0.2, -0.15) is 5.10 Å². The van der Waals surface area contributed by atoms with Crippen LogP contribution in [0.2, 0.25) is 5.15 Å². The summed E-state index contributed by atoms with van der Waals surface area (Å²) in [7, 11) is 0. The van der Waals surface area contributed by atoms with Gasteiger partial charge in [0.05, 0.1) is 23.0 Å². The average Bonchev–Trinajstić information content (AvgIpc) is 3.66. The zero-order valence-corrected chi connectivity index (χ0v) is 26.7. The second-order valence-corrected chi connectivity index (χ2v) is 12.8. The fraction of sp³-hybridized carbons (Fsp3) is 0.371. The smallest absolute Gasteiger partial charge is 0.271 e. The van der Waals surface area contributed by atoms with Crippen LogP contribution < -0.4 is 15.9 Å². The van der Waals surface area contributed by atoms with E-state index in [2.05, 4.69) is 4.98 Å². The van der Waals surface area contributed by atoms with Crippen molar-refractivity contribution in [1.29, 1.82) is 0 Å². The highest BCUT2D eigenvalue weighted by Gasteiger charge is 2.47. The van der Waals surface area contributed by atoms with E-state index in [0.29, 0.717) is 34.4 Å². The molecule has 5 aromatic rings. The van der Waals surface area contributed by atoms with Gasteiger partial charge in [-0.3, -0.25) is 14.3 Å². The number of halogens is 1. The van der Waals surface area contributed by atoms with E-state index in [0.717, 1.165) is 60.7 Å². The Morgan fingerprint density at radius 1 is 1.17 bits per heavy atom. The summed E-state index contributed by atoms with van der Waals surface area (Å²) in [5.41, 5.74) is 9.09. The Balaban J connectivity index is 1.22. The fourth-order valence-corrected chi connectivity index (χ4v) is 6.37. The lowest BCUT2D eigenvalue weighted by Crippen LogP contribution is -2.32. The highest BCUT2D eigenvalue weighted by Crippen LogP contribution is 2.43. The molecular formula is C35H35ClN4O6. The lowest BCUT2D eigenvalue weighted by Gasteiger charge is -2.27. The monoisotopic (exact) mass is 642 g/mol. The van der Waals surface area contributed by atoms with E-state index in [1.54, 1.807) is 13.0 Å². The van der Waals surface area contributed by atoms with Gasteiger partial charge in [-0.15, -0.1) is 0 Å². The van der Waals surface area contributed by atoms with E-state index >= 15 is 0 Å². The second kappa shape index (κ2) is 11.8. The van der Waals surface area contributed by atoms with Crippen molar-refractivity contribution in [2.45, 2.75) is 77.4 Å². The number of nitrogens with zero attached hydrogens (tertiary/aromatic N) is 3. The largest absolute Gasteiger partial charge is 0.483 e. The molecule has 4 heterocycles. The Kier molecular flexibility index (Phi) is 7.83. The van der Waals surface area contributed by atoms with E-state index in [-0.39, 0.29) is 33.9 Å². The minimum atomic E-state index is -0.764. The van der Waals surface area contributed by atoms with Crippen molar-refractivity contribution in [2.24, 2.45) is 5.73 Å². The van der Waals surface area contributed by atoms with Crippen LogP contribution in [0.3, 0.4) is 0 Å². The van der Waals surface area contributed by atoms with Crippen LogP contribution >= 0.6 is 11.6 Å². The molecule has 2 N–H and O–H groups in total. The quantitative estimate of drug-likeness (QED) is 0.174. The van der Waals surface area contributed by atoms with Gasteiger partial charge in [-0.05, 0) is 101 Å². The zero-order valence-electron chi connectivity index (χ0n) is 26.0. The number of carbonyl (C=O) groups is 1. The van der Waals surface area contributed by atoms with Crippen molar-refractivity contribution in [1.82, 2.24) is 14.8 Å². The molecule has 1 saturated heterocycles. The van der Waals surface area contributed by atoms with Crippen molar-refractivity contribution >= 4 is 39.4 Å². The summed E-state index contributed by atoms with van der Waals surface area (Å²) >= 11 is 5.99. The number of primary amides is 1. The number of fused-ring (bicyclic) bond motifs is 2. The molecule has 1 aliphatic carbocycles.